The first-order valence-corrected chi connectivity index (χ1v) is 13.9. The molecule has 0 radical (unpaired) electrons. The Morgan fingerprint density at radius 1 is 0.725 bits per heavy atom. The number of fused-ring (bicyclic) bond motifs is 3. The molecule has 0 bridgehead atoms. The number of hydrogen-bond donors (Lipinski definition) is 0. The highest BCUT2D eigenvalue weighted by Gasteiger charge is 2.39. The van der Waals surface area contributed by atoms with Crippen molar-refractivity contribution >= 4 is 39.0 Å². The Labute approximate surface area is 230 Å². The summed E-state index contributed by atoms with van der Waals surface area (Å²) in [5.74, 6) is -2.14. The normalized spacial score (nSPS) is 14.9. The van der Waals surface area contributed by atoms with Crippen LogP contribution in [0.25, 0.3) is 0 Å². The third-order valence-corrected chi connectivity index (χ3v) is 9.08. The van der Waals surface area contributed by atoms with Crippen LogP contribution in [-0.2, 0) is 9.84 Å². The van der Waals surface area contributed by atoms with Gasteiger partial charge in [-0.3, -0.25) is 29.0 Å². The Bertz CT molecular complexity index is 1880. The van der Waals surface area contributed by atoms with E-state index in [1.807, 2.05) is 13.0 Å². The quantitative estimate of drug-likeness (QED) is 0.303. The lowest BCUT2D eigenvalue weighted by Crippen LogP contribution is -2.44. The molecule has 3 amide bonds. The molecule has 0 unspecified atom stereocenters. The number of carbonyl (C=O) groups is 4. The van der Waals surface area contributed by atoms with Gasteiger partial charge in [0.05, 0.1) is 20.9 Å². The van der Waals surface area contributed by atoms with Crippen LogP contribution >= 0.6 is 0 Å². The molecule has 4 aromatic rings. The summed E-state index contributed by atoms with van der Waals surface area (Å²) < 4.78 is 26.9. The Kier molecular flexibility index (Phi) is 5.78. The molecular weight excluding hydrogens is 528 g/mol. The first kappa shape index (κ1) is 25.4. The van der Waals surface area contributed by atoms with Crippen LogP contribution < -0.4 is 4.90 Å². The number of nitrogens with zero attached hydrogens (tertiary/aromatic N) is 2. The molecule has 4 aromatic carbocycles. The van der Waals surface area contributed by atoms with E-state index >= 15 is 0 Å². The molecule has 0 saturated heterocycles. The zero-order valence-corrected chi connectivity index (χ0v) is 22.4. The van der Waals surface area contributed by atoms with E-state index in [0.29, 0.717) is 5.69 Å². The minimum Gasteiger partial charge on any atom is -0.289 e. The van der Waals surface area contributed by atoms with E-state index in [9.17, 15) is 27.6 Å². The Morgan fingerprint density at radius 2 is 1.32 bits per heavy atom. The summed E-state index contributed by atoms with van der Waals surface area (Å²) in [6, 6.07) is 21.7. The lowest BCUT2D eigenvalue weighted by Gasteiger charge is -2.29. The highest BCUT2D eigenvalue weighted by atomic mass is 32.2. The van der Waals surface area contributed by atoms with Crippen LogP contribution in [0.15, 0.2) is 94.7 Å². The zero-order chi connectivity index (χ0) is 28.3. The number of carbonyl (C=O) groups excluding carboxylic acids is 4. The maximum Gasteiger partial charge on any atom is 0.263 e. The molecule has 0 saturated carbocycles. The number of hydrogen-bond acceptors (Lipinski definition) is 6. The lowest BCUT2D eigenvalue weighted by atomic mass is 10.0. The minimum atomic E-state index is -4.08. The topological polar surface area (TPSA) is 109 Å². The predicted octanol–water partition coefficient (Wildman–Crippen LogP) is 4.58. The highest BCUT2D eigenvalue weighted by Crippen LogP contribution is 2.35. The second-order valence-corrected chi connectivity index (χ2v) is 11.7. The molecule has 40 heavy (non-hydrogen) atoms. The van der Waals surface area contributed by atoms with Gasteiger partial charge in [0.1, 0.15) is 6.67 Å². The fourth-order valence-corrected chi connectivity index (χ4v) is 6.92. The van der Waals surface area contributed by atoms with E-state index < -0.39 is 33.3 Å². The molecule has 0 N–H and O–H groups in total. The summed E-state index contributed by atoms with van der Waals surface area (Å²) in [6.07, 6.45) is 0. The fourth-order valence-electron chi connectivity index (χ4n) is 5.24. The number of ketones is 1. The number of aryl methyl sites for hydroxylation is 2. The van der Waals surface area contributed by atoms with E-state index in [2.05, 4.69) is 0 Å². The molecule has 2 aliphatic heterocycles. The number of benzene rings is 4. The van der Waals surface area contributed by atoms with Gasteiger partial charge in [0.25, 0.3) is 17.7 Å². The maximum atomic E-state index is 14.1. The fraction of sp³-hybridized carbons (Fsp3) is 0.0968. The van der Waals surface area contributed by atoms with E-state index in [1.54, 1.807) is 49.4 Å². The van der Waals surface area contributed by atoms with Gasteiger partial charge in [-0.05, 0) is 67.9 Å². The monoisotopic (exact) mass is 550 g/mol. The lowest BCUT2D eigenvalue weighted by molar-refractivity contribution is 0.0650. The van der Waals surface area contributed by atoms with Crippen molar-refractivity contribution in [2.45, 2.75) is 23.6 Å². The van der Waals surface area contributed by atoms with Gasteiger partial charge in [-0.2, -0.15) is 0 Å². The van der Waals surface area contributed by atoms with E-state index in [0.717, 1.165) is 16.0 Å². The zero-order valence-electron chi connectivity index (χ0n) is 21.5. The first-order chi connectivity index (χ1) is 19.1. The molecule has 0 spiro atoms. The van der Waals surface area contributed by atoms with Crippen molar-refractivity contribution in [2.75, 3.05) is 11.6 Å². The standard InChI is InChI=1S/C31H22N2O6S/c1-18-11-14-25(19(2)15-18)32(17-33-30(36)21-7-3-4-8-22(21)31(33)37)29(35)20-12-13-24-27(16-20)40(38,39)26-10-6-5-9-23(26)28(24)34/h3-16H,17H2,1-2H3. The number of amides is 3. The second-order valence-electron chi connectivity index (χ2n) is 9.79. The van der Waals surface area contributed by atoms with Crippen molar-refractivity contribution in [3.05, 3.63) is 124 Å². The molecule has 0 fully saturated rings. The summed E-state index contributed by atoms with van der Waals surface area (Å²) in [5.41, 5.74) is 2.67. The van der Waals surface area contributed by atoms with Gasteiger partial charge in [-0.25, -0.2) is 8.42 Å². The number of anilines is 1. The predicted molar refractivity (Wildman–Crippen MR) is 146 cm³/mol. The molecule has 6 rings (SSSR count). The number of sulfone groups is 1. The Balaban J connectivity index is 1.44. The summed E-state index contributed by atoms with van der Waals surface area (Å²) in [7, 11) is -4.08. The Hall–Kier alpha value is -4.89. The molecule has 0 aliphatic carbocycles. The van der Waals surface area contributed by atoms with Crippen LogP contribution in [0.2, 0.25) is 0 Å². The molecule has 198 valence electrons. The Morgan fingerprint density at radius 3 is 1.98 bits per heavy atom. The van der Waals surface area contributed by atoms with Gasteiger partial charge in [-0.15, -0.1) is 0 Å². The second kappa shape index (κ2) is 9.10. The molecule has 9 heteroatoms. The maximum absolute atomic E-state index is 14.1. The van der Waals surface area contributed by atoms with Crippen molar-refractivity contribution in [2.24, 2.45) is 0 Å². The SMILES string of the molecule is Cc1ccc(N(CN2C(=O)c3ccccc3C2=O)C(=O)c2ccc3c(c2)S(=O)(=O)c2ccccc2C3=O)c(C)c1. The van der Waals surface area contributed by atoms with Gasteiger partial charge in [-0.1, -0.05) is 42.0 Å². The average molecular weight is 551 g/mol. The highest BCUT2D eigenvalue weighted by molar-refractivity contribution is 7.91. The molecule has 2 heterocycles. The van der Waals surface area contributed by atoms with Crippen molar-refractivity contribution in [1.82, 2.24) is 4.90 Å². The molecular formula is C31H22N2O6S. The smallest absolute Gasteiger partial charge is 0.263 e. The first-order valence-electron chi connectivity index (χ1n) is 12.5. The van der Waals surface area contributed by atoms with Crippen LogP contribution in [0.4, 0.5) is 5.69 Å². The van der Waals surface area contributed by atoms with Gasteiger partial charge in [0, 0.05) is 22.4 Å². The molecule has 0 aromatic heterocycles. The summed E-state index contributed by atoms with van der Waals surface area (Å²) in [5, 5.41) is 0. The van der Waals surface area contributed by atoms with E-state index in [-0.39, 0.29) is 44.3 Å². The van der Waals surface area contributed by atoms with Crippen LogP contribution in [0.1, 0.15) is 58.1 Å². The van der Waals surface area contributed by atoms with Crippen molar-refractivity contribution < 1.29 is 27.6 Å². The van der Waals surface area contributed by atoms with Gasteiger partial charge in [0.15, 0.2) is 5.78 Å². The summed E-state index contributed by atoms with van der Waals surface area (Å²) in [4.78, 5) is 55.4. The third-order valence-electron chi connectivity index (χ3n) is 7.23. The van der Waals surface area contributed by atoms with Crippen LogP contribution in [0.3, 0.4) is 0 Å². The molecule has 8 nitrogen and oxygen atoms in total. The number of imide groups is 1. The minimum absolute atomic E-state index is 0.00825. The van der Waals surface area contributed by atoms with Crippen LogP contribution in [-0.4, -0.2) is 43.5 Å². The number of rotatable bonds is 4. The largest absolute Gasteiger partial charge is 0.289 e. The van der Waals surface area contributed by atoms with Gasteiger partial charge < -0.3 is 0 Å². The van der Waals surface area contributed by atoms with Crippen LogP contribution in [0.5, 0.6) is 0 Å². The van der Waals surface area contributed by atoms with Gasteiger partial charge >= 0.3 is 0 Å². The van der Waals surface area contributed by atoms with Crippen molar-refractivity contribution in [3.8, 4) is 0 Å². The van der Waals surface area contributed by atoms with Gasteiger partial charge in [0.2, 0.25) is 9.84 Å². The summed E-state index contributed by atoms with van der Waals surface area (Å²) >= 11 is 0. The van der Waals surface area contributed by atoms with E-state index in [1.165, 1.54) is 41.3 Å². The van der Waals surface area contributed by atoms with Crippen molar-refractivity contribution in [1.29, 1.82) is 0 Å². The average Bonchev–Trinajstić information content (AvgIpc) is 3.19. The van der Waals surface area contributed by atoms with E-state index in [4.69, 9.17) is 0 Å². The molecule has 2 aliphatic rings. The summed E-state index contributed by atoms with van der Waals surface area (Å²) in [6.45, 7) is 3.31. The third kappa shape index (κ3) is 3.77. The molecule has 0 atom stereocenters. The van der Waals surface area contributed by atoms with Crippen molar-refractivity contribution in [3.63, 3.8) is 0 Å². The van der Waals surface area contributed by atoms with Crippen LogP contribution in [0, 0.1) is 13.8 Å².